The maximum atomic E-state index is 12.1. The number of carbonyl (C=O) groups excluding carboxylic acids is 1. The molecule has 27 heavy (non-hydrogen) atoms. The van der Waals surface area contributed by atoms with Crippen molar-refractivity contribution in [3.05, 3.63) is 0 Å². The summed E-state index contributed by atoms with van der Waals surface area (Å²) in [4.78, 5) is 12.1. The minimum absolute atomic E-state index is 0.0918. The molecule has 1 aliphatic heterocycles. The van der Waals surface area contributed by atoms with Crippen molar-refractivity contribution in [2.75, 3.05) is 34.5 Å². The molecule has 1 heterocycles. The standard InChI is InChI=1S/C17H30O10/c1-15(23-4)16(2,24-5)27-13-11(25-9-10(19)8-18)6-17(21,14(20)22-3)7-12(13)26-15/h10-13,18-19,21H,6-9H2,1-5H3/t10?,11-,12-,13-,15+,16+,17+/m1/s1. The van der Waals surface area contributed by atoms with E-state index in [2.05, 4.69) is 0 Å². The van der Waals surface area contributed by atoms with Crippen molar-refractivity contribution in [1.29, 1.82) is 0 Å². The lowest BCUT2D eigenvalue weighted by molar-refractivity contribution is -0.461. The van der Waals surface area contributed by atoms with E-state index in [9.17, 15) is 15.0 Å². The lowest BCUT2D eigenvalue weighted by Gasteiger charge is -2.56. The zero-order valence-corrected chi connectivity index (χ0v) is 16.3. The summed E-state index contributed by atoms with van der Waals surface area (Å²) in [6, 6.07) is 0. The molecule has 10 heteroatoms. The van der Waals surface area contributed by atoms with Crippen LogP contribution in [0, 0.1) is 0 Å². The fraction of sp³-hybridized carbons (Fsp3) is 0.941. The second-order valence-electron chi connectivity index (χ2n) is 7.18. The fourth-order valence-corrected chi connectivity index (χ4v) is 3.51. The number of fused-ring (bicyclic) bond motifs is 1. The Morgan fingerprint density at radius 3 is 2.26 bits per heavy atom. The molecule has 0 radical (unpaired) electrons. The number of methoxy groups -OCH3 is 3. The summed E-state index contributed by atoms with van der Waals surface area (Å²) in [5.41, 5.74) is -1.86. The number of ether oxygens (including phenoxy) is 6. The molecule has 0 aromatic carbocycles. The van der Waals surface area contributed by atoms with Gasteiger partial charge >= 0.3 is 5.97 Å². The van der Waals surface area contributed by atoms with Gasteiger partial charge in [0.15, 0.2) is 5.60 Å². The molecule has 2 rings (SSSR count). The topological polar surface area (TPSA) is 133 Å². The van der Waals surface area contributed by atoms with Gasteiger partial charge in [0.05, 0.1) is 32.5 Å². The summed E-state index contributed by atoms with van der Waals surface area (Å²) in [5, 5.41) is 29.4. The van der Waals surface area contributed by atoms with E-state index >= 15 is 0 Å². The summed E-state index contributed by atoms with van der Waals surface area (Å²) in [5.74, 6) is -3.42. The molecule has 0 aromatic heterocycles. The van der Waals surface area contributed by atoms with Crippen LogP contribution in [-0.2, 0) is 33.2 Å². The molecule has 1 saturated carbocycles. The monoisotopic (exact) mass is 394 g/mol. The van der Waals surface area contributed by atoms with Gasteiger partial charge in [-0.15, -0.1) is 0 Å². The van der Waals surface area contributed by atoms with Gasteiger partial charge in [-0.05, 0) is 13.8 Å². The van der Waals surface area contributed by atoms with E-state index in [0.717, 1.165) is 0 Å². The van der Waals surface area contributed by atoms with E-state index < -0.39 is 54.2 Å². The van der Waals surface area contributed by atoms with Gasteiger partial charge < -0.3 is 43.7 Å². The highest BCUT2D eigenvalue weighted by molar-refractivity contribution is 5.79. The van der Waals surface area contributed by atoms with Crippen LogP contribution in [0.4, 0.5) is 0 Å². The average molecular weight is 394 g/mol. The Kier molecular flexibility index (Phi) is 6.86. The minimum Gasteiger partial charge on any atom is -0.467 e. The minimum atomic E-state index is -1.86. The summed E-state index contributed by atoms with van der Waals surface area (Å²) < 4.78 is 33.5. The van der Waals surface area contributed by atoms with Crippen LogP contribution >= 0.6 is 0 Å². The molecule has 3 N–H and O–H groups in total. The predicted octanol–water partition coefficient (Wildman–Crippen LogP) is -1.07. The first-order valence-corrected chi connectivity index (χ1v) is 8.75. The number of carbonyl (C=O) groups is 1. The lowest BCUT2D eigenvalue weighted by Crippen LogP contribution is -2.71. The van der Waals surface area contributed by atoms with E-state index in [1.54, 1.807) is 13.8 Å². The molecule has 1 unspecified atom stereocenters. The SMILES string of the molecule is COC(=O)[C@]1(O)C[C@@H](OCC(O)CO)[C@H]2O[C@](C)(OC)[C@@](C)(OC)O[C@@H]2C1. The van der Waals surface area contributed by atoms with Crippen molar-refractivity contribution < 1.29 is 48.5 Å². The van der Waals surface area contributed by atoms with Gasteiger partial charge in [0.2, 0.25) is 11.6 Å². The zero-order valence-electron chi connectivity index (χ0n) is 16.3. The number of aliphatic hydroxyl groups is 3. The Labute approximate surface area is 158 Å². The molecule has 158 valence electrons. The van der Waals surface area contributed by atoms with Gasteiger partial charge in [-0.2, -0.15) is 0 Å². The summed E-state index contributed by atoms with van der Waals surface area (Å²) in [7, 11) is 4.05. The Balaban J connectivity index is 2.32. The van der Waals surface area contributed by atoms with Crippen molar-refractivity contribution >= 4 is 5.97 Å². The van der Waals surface area contributed by atoms with Crippen molar-refractivity contribution in [2.24, 2.45) is 0 Å². The highest BCUT2D eigenvalue weighted by Gasteiger charge is 2.62. The molecule has 0 aromatic rings. The molecule has 1 aliphatic carbocycles. The Hall–Kier alpha value is -0.850. The van der Waals surface area contributed by atoms with Gasteiger partial charge in [0.1, 0.15) is 12.2 Å². The molecule has 2 fully saturated rings. The molecule has 0 spiro atoms. The van der Waals surface area contributed by atoms with E-state index in [0.29, 0.717) is 0 Å². The molecule has 2 aliphatic rings. The molecular weight excluding hydrogens is 364 g/mol. The average Bonchev–Trinajstić information content (AvgIpc) is 2.66. The maximum Gasteiger partial charge on any atom is 0.338 e. The van der Waals surface area contributed by atoms with Gasteiger partial charge in [-0.25, -0.2) is 4.79 Å². The molecule has 1 saturated heterocycles. The number of hydrogen-bond acceptors (Lipinski definition) is 10. The quantitative estimate of drug-likeness (QED) is 0.459. The normalized spacial score (nSPS) is 43.0. The first-order chi connectivity index (χ1) is 12.6. The van der Waals surface area contributed by atoms with Crippen LogP contribution in [0.1, 0.15) is 26.7 Å². The van der Waals surface area contributed by atoms with Crippen LogP contribution in [0.25, 0.3) is 0 Å². The van der Waals surface area contributed by atoms with E-state index in [1.165, 1.54) is 21.3 Å². The van der Waals surface area contributed by atoms with Crippen molar-refractivity contribution in [3.8, 4) is 0 Å². The fourth-order valence-electron chi connectivity index (χ4n) is 3.51. The second-order valence-corrected chi connectivity index (χ2v) is 7.18. The van der Waals surface area contributed by atoms with Gasteiger partial charge in [-0.1, -0.05) is 0 Å². The first kappa shape index (κ1) is 22.4. The second kappa shape index (κ2) is 8.26. The van der Waals surface area contributed by atoms with Crippen LogP contribution in [0.5, 0.6) is 0 Å². The zero-order chi connectivity index (χ0) is 20.5. The van der Waals surface area contributed by atoms with E-state index in [1.807, 2.05) is 0 Å². The van der Waals surface area contributed by atoms with Gasteiger partial charge in [-0.3, -0.25) is 0 Å². The highest BCUT2D eigenvalue weighted by Crippen LogP contribution is 2.46. The molecular formula is C17H30O10. The summed E-state index contributed by atoms with van der Waals surface area (Å²) >= 11 is 0. The number of esters is 1. The van der Waals surface area contributed by atoms with Crippen molar-refractivity contribution in [3.63, 3.8) is 0 Å². The third-order valence-electron chi connectivity index (χ3n) is 5.43. The first-order valence-electron chi connectivity index (χ1n) is 8.75. The van der Waals surface area contributed by atoms with Crippen LogP contribution in [0.2, 0.25) is 0 Å². The number of hydrogen-bond donors (Lipinski definition) is 3. The molecule has 7 atom stereocenters. The Morgan fingerprint density at radius 2 is 1.74 bits per heavy atom. The van der Waals surface area contributed by atoms with E-state index in [-0.39, 0.29) is 19.4 Å². The maximum absolute atomic E-state index is 12.1. The van der Waals surface area contributed by atoms with E-state index in [4.69, 9.17) is 33.5 Å². The predicted molar refractivity (Wildman–Crippen MR) is 89.6 cm³/mol. The smallest absolute Gasteiger partial charge is 0.338 e. The molecule has 0 amide bonds. The van der Waals surface area contributed by atoms with Crippen molar-refractivity contribution in [2.45, 2.75) is 68.3 Å². The lowest BCUT2D eigenvalue weighted by atomic mass is 9.78. The van der Waals surface area contributed by atoms with Crippen molar-refractivity contribution in [1.82, 2.24) is 0 Å². The Morgan fingerprint density at radius 1 is 1.15 bits per heavy atom. The summed E-state index contributed by atoms with van der Waals surface area (Å²) in [6.07, 6.45) is -3.65. The summed E-state index contributed by atoms with van der Waals surface area (Å²) in [6.45, 7) is 2.57. The Bertz CT molecular complexity index is 530. The van der Waals surface area contributed by atoms with Crippen LogP contribution in [0.3, 0.4) is 0 Å². The number of rotatable bonds is 7. The van der Waals surface area contributed by atoms with Crippen LogP contribution in [0.15, 0.2) is 0 Å². The third kappa shape index (κ3) is 4.13. The molecule has 10 nitrogen and oxygen atoms in total. The number of aliphatic hydroxyl groups excluding tert-OH is 2. The van der Waals surface area contributed by atoms with Gasteiger partial charge in [0, 0.05) is 27.1 Å². The largest absolute Gasteiger partial charge is 0.467 e. The highest BCUT2D eigenvalue weighted by atomic mass is 16.8. The van der Waals surface area contributed by atoms with Crippen LogP contribution in [-0.4, -0.2) is 97.4 Å². The van der Waals surface area contributed by atoms with Gasteiger partial charge in [0.25, 0.3) is 0 Å². The molecule has 0 bridgehead atoms. The third-order valence-corrected chi connectivity index (χ3v) is 5.43. The van der Waals surface area contributed by atoms with Crippen LogP contribution < -0.4 is 0 Å².